The van der Waals surface area contributed by atoms with Crippen molar-refractivity contribution in [1.29, 1.82) is 0 Å². The molecule has 2 aliphatic heterocycles. The number of carbonyl (C=O) groups is 2. The summed E-state index contributed by atoms with van der Waals surface area (Å²) < 4.78 is 0. The Morgan fingerprint density at radius 1 is 1.12 bits per heavy atom. The molecule has 24 heavy (non-hydrogen) atoms. The van der Waals surface area contributed by atoms with Crippen LogP contribution in [0.4, 0.5) is 5.69 Å². The Balaban J connectivity index is 1.67. The molecule has 0 aliphatic carbocycles. The number of rotatable bonds is 2. The van der Waals surface area contributed by atoms with Crippen molar-refractivity contribution in [3.8, 4) is 0 Å². The van der Waals surface area contributed by atoms with Gasteiger partial charge in [0.25, 0.3) is 5.91 Å². The van der Waals surface area contributed by atoms with Crippen LogP contribution in [0, 0.1) is 5.92 Å². The predicted octanol–water partition coefficient (Wildman–Crippen LogP) is 1.62. The van der Waals surface area contributed by atoms with E-state index in [4.69, 9.17) is 0 Å². The van der Waals surface area contributed by atoms with Crippen LogP contribution in [0.15, 0.2) is 18.3 Å². The van der Waals surface area contributed by atoms with Crippen molar-refractivity contribution in [3.63, 3.8) is 0 Å². The molecule has 3 rings (SSSR count). The minimum atomic E-state index is -0.0369. The second-order valence-electron chi connectivity index (χ2n) is 6.89. The van der Waals surface area contributed by atoms with Gasteiger partial charge in [-0.15, -0.1) is 0 Å². The molecule has 2 fully saturated rings. The van der Waals surface area contributed by atoms with Gasteiger partial charge in [0.15, 0.2) is 0 Å². The van der Waals surface area contributed by atoms with Crippen molar-refractivity contribution in [2.24, 2.45) is 5.92 Å². The number of pyridine rings is 1. The Morgan fingerprint density at radius 2 is 1.83 bits per heavy atom. The van der Waals surface area contributed by atoms with E-state index < -0.39 is 0 Å². The van der Waals surface area contributed by atoms with E-state index in [2.05, 4.69) is 16.8 Å². The number of hydrogen-bond acceptors (Lipinski definition) is 4. The summed E-state index contributed by atoms with van der Waals surface area (Å²) in [6.45, 7) is 8.27. The maximum absolute atomic E-state index is 12.7. The van der Waals surface area contributed by atoms with Crippen LogP contribution >= 0.6 is 0 Å². The molecule has 3 heterocycles. The molecule has 0 bridgehead atoms. The first kappa shape index (κ1) is 16.7. The van der Waals surface area contributed by atoms with Crippen LogP contribution in [0.5, 0.6) is 0 Å². The van der Waals surface area contributed by atoms with Gasteiger partial charge in [0, 0.05) is 58.1 Å². The number of piperidine rings is 1. The Kier molecular flexibility index (Phi) is 5.02. The number of piperazine rings is 1. The van der Waals surface area contributed by atoms with E-state index in [0.717, 1.165) is 18.8 Å². The molecule has 130 valence electrons. The van der Waals surface area contributed by atoms with Gasteiger partial charge in [0.05, 0.1) is 0 Å². The fourth-order valence-electron chi connectivity index (χ4n) is 3.54. The summed E-state index contributed by atoms with van der Waals surface area (Å²) in [5.74, 6) is 0.720. The molecular weight excluding hydrogens is 304 g/mol. The van der Waals surface area contributed by atoms with Gasteiger partial charge in [0.2, 0.25) is 5.91 Å². The summed E-state index contributed by atoms with van der Waals surface area (Å²) in [7, 11) is 0. The van der Waals surface area contributed by atoms with Crippen LogP contribution in [0.3, 0.4) is 0 Å². The molecule has 0 radical (unpaired) electrons. The Morgan fingerprint density at radius 3 is 2.50 bits per heavy atom. The molecule has 6 heteroatoms. The third-order valence-corrected chi connectivity index (χ3v) is 5.00. The van der Waals surface area contributed by atoms with Crippen LogP contribution in [-0.4, -0.2) is 65.9 Å². The van der Waals surface area contributed by atoms with Crippen molar-refractivity contribution < 1.29 is 9.59 Å². The molecule has 0 N–H and O–H groups in total. The maximum atomic E-state index is 12.7. The minimum Gasteiger partial charge on any atom is -0.371 e. The first-order valence-electron chi connectivity index (χ1n) is 8.80. The number of anilines is 1. The molecule has 0 saturated carbocycles. The SMILES string of the molecule is CC(=O)N1CCN(C(=O)c2cc(N3CCCC(C)C3)ccn2)CC1. The van der Waals surface area contributed by atoms with Crippen LogP contribution in [0.2, 0.25) is 0 Å². The molecule has 1 aromatic heterocycles. The molecule has 6 nitrogen and oxygen atoms in total. The average molecular weight is 330 g/mol. The number of carbonyl (C=O) groups excluding carboxylic acids is 2. The zero-order valence-electron chi connectivity index (χ0n) is 14.6. The molecule has 2 aliphatic rings. The lowest BCUT2D eigenvalue weighted by atomic mass is 10.00. The average Bonchev–Trinajstić information content (AvgIpc) is 2.61. The van der Waals surface area contributed by atoms with Crippen LogP contribution < -0.4 is 4.90 Å². The normalized spacial score (nSPS) is 21.8. The van der Waals surface area contributed by atoms with Crippen LogP contribution in [0.1, 0.15) is 37.2 Å². The molecule has 2 amide bonds. The van der Waals surface area contributed by atoms with Gasteiger partial charge in [-0.25, -0.2) is 0 Å². The van der Waals surface area contributed by atoms with E-state index in [0.29, 0.717) is 37.8 Å². The molecule has 2 saturated heterocycles. The minimum absolute atomic E-state index is 0.0369. The van der Waals surface area contributed by atoms with E-state index in [9.17, 15) is 9.59 Å². The summed E-state index contributed by atoms with van der Waals surface area (Å²) in [4.78, 5) is 34.3. The first-order chi connectivity index (χ1) is 11.5. The van der Waals surface area contributed by atoms with E-state index in [1.54, 1.807) is 22.9 Å². The quantitative estimate of drug-likeness (QED) is 0.827. The van der Waals surface area contributed by atoms with Gasteiger partial charge in [-0.1, -0.05) is 6.92 Å². The molecule has 1 aromatic rings. The molecule has 1 unspecified atom stereocenters. The lowest BCUT2D eigenvalue weighted by Crippen LogP contribution is -2.50. The summed E-state index contributed by atoms with van der Waals surface area (Å²) >= 11 is 0. The van der Waals surface area contributed by atoms with Crippen molar-refractivity contribution in [3.05, 3.63) is 24.0 Å². The number of hydrogen-bond donors (Lipinski definition) is 0. The highest BCUT2D eigenvalue weighted by molar-refractivity contribution is 5.93. The first-order valence-corrected chi connectivity index (χ1v) is 8.80. The smallest absolute Gasteiger partial charge is 0.272 e. The summed E-state index contributed by atoms with van der Waals surface area (Å²) in [6.07, 6.45) is 4.20. The second kappa shape index (κ2) is 7.20. The zero-order valence-corrected chi connectivity index (χ0v) is 14.6. The molecule has 1 atom stereocenters. The lowest BCUT2D eigenvalue weighted by Gasteiger charge is -2.34. The number of nitrogens with zero attached hydrogens (tertiary/aromatic N) is 4. The summed E-state index contributed by atoms with van der Waals surface area (Å²) in [5, 5.41) is 0. The van der Waals surface area contributed by atoms with Crippen LogP contribution in [0.25, 0.3) is 0 Å². The largest absolute Gasteiger partial charge is 0.371 e. The van der Waals surface area contributed by atoms with E-state index in [1.165, 1.54) is 12.8 Å². The predicted molar refractivity (Wildman–Crippen MR) is 93.0 cm³/mol. The van der Waals surface area contributed by atoms with Gasteiger partial charge in [0.1, 0.15) is 5.69 Å². The second-order valence-corrected chi connectivity index (χ2v) is 6.89. The van der Waals surface area contributed by atoms with Crippen molar-refractivity contribution in [2.45, 2.75) is 26.7 Å². The monoisotopic (exact) mass is 330 g/mol. The van der Waals surface area contributed by atoms with Crippen molar-refractivity contribution >= 4 is 17.5 Å². The highest BCUT2D eigenvalue weighted by Gasteiger charge is 2.25. The van der Waals surface area contributed by atoms with Crippen molar-refractivity contribution in [2.75, 3.05) is 44.2 Å². The lowest BCUT2D eigenvalue weighted by molar-refractivity contribution is -0.130. The third-order valence-electron chi connectivity index (χ3n) is 5.00. The Bertz CT molecular complexity index is 611. The van der Waals surface area contributed by atoms with Crippen LogP contribution in [-0.2, 0) is 4.79 Å². The topological polar surface area (TPSA) is 56.8 Å². The highest BCUT2D eigenvalue weighted by atomic mass is 16.2. The summed E-state index contributed by atoms with van der Waals surface area (Å²) in [6, 6.07) is 3.90. The summed E-state index contributed by atoms with van der Waals surface area (Å²) in [5.41, 5.74) is 1.59. The van der Waals surface area contributed by atoms with Gasteiger partial charge in [-0.05, 0) is 30.9 Å². The molecule has 0 spiro atoms. The zero-order chi connectivity index (χ0) is 17.1. The van der Waals surface area contributed by atoms with Gasteiger partial charge < -0.3 is 14.7 Å². The van der Waals surface area contributed by atoms with E-state index in [-0.39, 0.29) is 11.8 Å². The Labute approximate surface area is 143 Å². The molecule has 0 aromatic carbocycles. The van der Waals surface area contributed by atoms with Crippen molar-refractivity contribution in [1.82, 2.24) is 14.8 Å². The number of amides is 2. The highest BCUT2D eigenvalue weighted by Crippen LogP contribution is 2.23. The van der Waals surface area contributed by atoms with E-state index >= 15 is 0 Å². The Hall–Kier alpha value is -2.11. The van der Waals surface area contributed by atoms with Gasteiger partial charge in [-0.3, -0.25) is 14.6 Å². The maximum Gasteiger partial charge on any atom is 0.272 e. The van der Waals surface area contributed by atoms with Gasteiger partial charge in [-0.2, -0.15) is 0 Å². The molecular formula is C18H26N4O2. The van der Waals surface area contributed by atoms with E-state index in [1.807, 2.05) is 12.1 Å². The van der Waals surface area contributed by atoms with Gasteiger partial charge >= 0.3 is 0 Å². The number of aromatic nitrogens is 1. The fraction of sp³-hybridized carbons (Fsp3) is 0.611. The standard InChI is InChI=1S/C18H26N4O2/c1-14-4-3-7-22(13-14)16-5-6-19-17(12-16)18(24)21-10-8-20(9-11-21)15(2)23/h5-6,12,14H,3-4,7-11,13H2,1-2H3. The third kappa shape index (κ3) is 3.68. The fourth-order valence-corrected chi connectivity index (χ4v) is 3.54.